The van der Waals surface area contributed by atoms with Crippen LogP contribution in [0.2, 0.25) is 0 Å². The Morgan fingerprint density at radius 1 is 1.47 bits per heavy atom. The fourth-order valence-corrected chi connectivity index (χ4v) is 2.87. The summed E-state index contributed by atoms with van der Waals surface area (Å²) in [4.78, 5) is 2.03. The van der Waals surface area contributed by atoms with Gasteiger partial charge in [-0.15, -0.1) is 0 Å². The van der Waals surface area contributed by atoms with E-state index < -0.39 is 9.84 Å². The lowest BCUT2D eigenvalue weighted by molar-refractivity contribution is 0.278. The van der Waals surface area contributed by atoms with Crippen molar-refractivity contribution in [2.45, 2.75) is 13.0 Å². The van der Waals surface area contributed by atoms with Gasteiger partial charge in [-0.25, -0.2) is 8.42 Å². The minimum absolute atomic E-state index is 0.198. The number of nitrogens with one attached hydrogen (secondary N) is 1. The van der Waals surface area contributed by atoms with Crippen molar-refractivity contribution in [1.82, 2.24) is 10.2 Å². The summed E-state index contributed by atoms with van der Waals surface area (Å²) < 4.78 is 22.3. The third-order valence-corrected chi connectivity index (χ3v) is 4.09. The second-order valence-corrected chi connectivity index (χ2v) is 6.00. The molecule has 1 heterocycles. The average molecular weight is 231 g/mol. The van der Waals surface area contributed by atoms with Gasteiger partial charge in [0.05, 0.1) is 17.6 Å². The predicted molar refractivity (Wildman–Crippen MR) is 58.2 cm³/mol. The highest BCUT2D eigenvalue weighted by molar-refractivity contribution is 7.91. The second-order valence-electron chi connectivity index (χ2n) is 3.69. The minimum atomic E-state index is -2.82. The lowest BCUT2D eigenvalue weighted by atomic mass is 10.3. The van der Waals surface area contributed by atoms with Crippen molar-refractivity contribution in [3.05, 3.63) is 0 Å². The van der Waals surface area contributed by atoms with Crippen molar-refractivity contribution in [1.29, 1.82) is 5.26 Å². The Labute approximate surface area is 91.0 Å². The Kier molecular flexibility index (Phi) is 4.51. The Hall–Kier alpha value is -0.640. The first-order valence-corrected chi connectivity index (χ1v) is 6.95. The molecule has 1 N–H and O–H groups in total. The monoisotopic (exact) mass is 231 g/mol. The van der Waals surface area contributed by atoms with E-state index in [1.807, 2.05) is 11.8 Å². The molecule has 0 spiro atoms. The molecule has 1 rings (SSSR count). The molecule has 0 aromatic heterocycles. The molecule has 1 fully saturated rings. The third kappa shape index (κ3) is 4.16. The number of sulfone groups is 1. The van der Waals surface area contributed by atoms with Gasteiger partial charge in [0.1, 0.15) is 6.04 Å². The zero-order chi connectivity index (χ0) is 11.3. The molecule has 1 aliphatic rings. The van der Waals surface area contributed by atoms with Gasteiger partial charge in [0.2, 0.25) is 0 Å². The largest absolute Gasteiger partial charge is 0.301 e. The van der Waals surface area contributed by atoms with E-state index in [1.165, 1.54) is 0 Å². The molecule has 0 aliphatic carbocycles. The van der Waals surface area contributed by atoms with Gasteiger partial charge in [0.15, 0.2) is 9.84 Å². The summed E-state index contributed by atoms with van der Waals surface area (Å²) in [7, 11) is -2.82. The Morgan fingerprint density at radius 3 is 2.53 bits per heavy atom. The lowest BCUT2D eigenvalue weighted by Crippen LogP contribution is -2.46. The predicted octanol–water partition coefficient (Wildman–Crippen LogP) is -0.782. The fraction of sp³-hybridized carbons (Fsp3) is 0.889. The molecule has 0 amide bonds. The summed E-state index contributed by atoms with van der Waals surface area (Å²) in [5, 5.41) is 11.9. The minimum Gasteiger partial charge on any atom is -0.301 e. The van der Waals surface area contributed by atoms with E-state index in [-0.39, 0.29) is 17.5 Å². The van der Waals surface area contributed by atoms with Crippen LogP contribution in [0.1, 0.15) is 6.92 Å². The van der Waals surface area contributed by atoms with Crippen LogP contribution in [-0.2, 0) is 9.84 Å². The summed E-state index contributed by atoms with van der Waals surface area (Å²) in [5.74, 6) is 0.439. The molecule has 0 saturated carbocycles. The van der Waals surface area contributed by atoms with E-state index in [1.54, 1.807) is 0 Å². The molecule has 0 aromatic carbocycles. The SMILES string of the molecule is CCNC(C#N)CN1CCS(=O)(=O)CC1. The summed E-state index contributed by atoms with van der Waals surface area (Å²) in [6.45, 7) is 4.41. The molecule has 0 aromatic rings. The van der Waals surface area contributed by atoms with Crippen LogP contribution in [0.15, 0.2) is 0 Å². The Morgan fingerprint density at radius 2 is 2.07 bits per heavy atom. The molecule has 5 nitrogen and oxygen atoms in total. The molecule has 86 valence electrons. The van der Waals surface area contributed by atoms with Gasteiger partial charge >= 0.3 is 0 Å². The highest BCUT2D eigenvalue weighted by Gasteiger charge is 2.23. The summed E-state index contributed by atoms with van der Waals surface area (Å²) in [6, 6.07) is 1.97. The lowest BCUT2D eigenvalue weighted by Gasteiger charge is -2.28. The van der Waals surface area contributed by atoms with Crippen LogP contribution in [0.5, 0.6) is 0 Å². The number of likely N-dealkylation sites (N-methyl/N-ethyl adjacent to an activating group) is 1. The van der Waals surface area contributed by atoms with E-state index in [9.17, 15) is 8.42 Å². The standard InChI is InChI=1S/C9H17N3O2S/c1-2-11-9(7-10)8-12-3-5-15(13,14)6-4-12/h9,11H,2-6,8H2,1H3. The molecule has 1 atom stereocenters. The van der Waals surface area contributed by atoms with Gasteiger partial charge in [0.25, 0.3) is 0 Å². The number of rotatable bonds is 4. The Bertz CT molecular complexity index is 320. The zero-order valence-corrected chi connectivity index (χ0v) is 9.76. The van der Waals surface area contributed by atoms with E-state index in [4.69, 9.17) is 5.26 Å². The molecule has 6 heteroatoms. The highest BCUT2D eigenvalue weighted by Crippen LogP contribution is 2.04. The number of nitriles is 1. The van der Waals surface area contributed by atoms with Crippen LogP contribution in [0.25, 0.3) is 0 Å². The molecular weight excluding hydrogens is 214 g/mol. The highest BCUT2D eigenvalue weighted by atomic mass is 32.2. The van der Waals surface area contributed by atoms with Gasteiger partial charge in [-0.05, 0) is 6.54 Å². The molecule has 0 radical (unpaired) electrons. The van der Waals surface area contributed by atoms with Crippen molar-refractivity contribution in [2.75, 3.05) is 37.7 Å². The number of hydrogen-bond acceptors (Lipinski definition) is 5. The maximum atomic E-state index is 11.2. The van der Waals surface area contributed by atoms with Gasteiger partial charge < -0.3 is 5.32 Å². The first kappa shape index (κ1) is 12.4. The van der Waals surface area contributed by atoms with Crippen molar-refractivity contribution in [3.63, 3.8) is 0 Å². The number of nitrogens with zero attached hydrogens (tertiary/aromatic N) is 2. The van der Waals surface area contributed by atoms with Crippen LogP contribution < -0.4 is 5.32 Å². The smallest absolute Gasteiger partial charge is 0.152 e. The normalized spacial score (nSPS) is 23.2. The van der Waals surface area contributed by atoms with Crippen molar-refractivity contribution in [3.8, 4) is 6.07 Å². The van der Waals surface area contributed by atoms with E-state index >= 15 is 0 Å². The van der Waals surface area contributed by atoms with Crippen LogP contribution in [0.4, 0.5) is 0 Å². The maximum absolute atomic E-state index is 11.2. The van der Waals surface area contributed by atoms with Crippen LogP contribution in [0.3, 0.4) is 0 Å². The summed E-state index contributed by atoms with van der Waals surface area (Å²) in [5.41, 5.74) is 0. The van der Waals surface area contributed by atoms with Crippen molar-refractivity contribution < 1.29 is 8.42 Å². The van der Waals surface area contributed by atoms with Crippen LogP contribution in [0, 0.1) is 11.3 Å². The Balaban J connectivity index is 2.38. The van der Waals surface area contributed by atoms with Gasteiger partial charge in [0, 0.05) is 19.6 Å². The first-order valence-electron chi connectivity index (χ1n) is 5.13. The van der Waals surface area contributed by atoms with Gasteiger partial charge in [-0.2, -0.15) is 5.26 Å². The van der Waals surface area contributed by atoms with E-state index in [0.29, 0.717) is 19.6 Å². The van der Waals surface area contributed by atoms with E-state index in [0.717, 1.165) is 6.54 Å². The van der Waals surface area contributed by atoms with Crippen molar-refractivity contribution >= 4 is 9.84 Å². The number of hydrogen-bond donors (Lipinski definition) is 1. The van der Waals surface area contributed by atoms with Gasteiger partial charge in [-0.1, -0.05) is 6.92 Å². The quantitative estimate of drug-likeness (QED) is 0.687. The third-order valence-electron chi connectivity index (χ3n) is 2.48. The topological polar surface area (TPSA) is 73.2 Å². The van der Waals surface area contributed by atoms with Crippen LogP contribution in [-0.4, -0.2) is 57.0 Å². The molecule has 1 aliphatic heterocycles. The molecule has 1 unspecified atom stereocenters. The maximum Gasteiger partial charge on any atom is 0.152 e. The van der Waals surface area contributed by atoms with Gasteiger partial charge in [-0.3, -0.25) is 4.90 Å². The average Bonchev–Trinajstić information content (AvgIpc) is 2.20. The molecular formula is C9H17N3O2S. The first-order chi connectivity index (χ1) is 7.07. The molecule has 0 bridgehead atoms. The van der Waals surface area contributed by atoms with Crippen molar-refractivity contribution in [2.24, 2.45) is 0 Å². The van der Waals surface area contributed by atoms with E-state index in [2.05, 4.69) is 11.4 Å². The second kappa shape index (κ2) is 5.45. The zero-order valence-electron chi connectivity index (χ0n) is 8.94. The molecule has 15 heavy (non-hydrogen) atoms. The molecule has 1 saturated heterocycles. The summed E-state index contributed by atoms with van der Waals surface area (Å²) >= 11 is 0. The van der Waals surface area contributed by atoms with Crippen LogP contribution >= 0.6 is 0 Å². The summed E-state index contributed by atoms with van der Waals surface area (Å²) in [6.07, 6.45) is 0. The fourth-order valence-electron chi connectivity index (χ4n) is 1.59.